The summed E-state index contributed by atoms with van der Waals surface area (Å²) in [4.78, 5) is 13.0. The summed E-state index contributed by atoms with van der Waals surface area (Å²) in [6, 6.07) is 9.25. The quantitative estimate of drug-likeness (QED) is 0.860. The Bertz CT molecular complexity index is 447. The van der Waals surface area contributed by atoms with Crippen molar-refractivity contribution in [3.8, 4) is 6.07 Å². The van der Waals surface area contributed by atoms with Gasteiger partial charge in [0, 0.05) is 12.2 Å². The molecule has 1 saturated heterocycles. The van der Waals surface area contributed by atoms with Gasteiger partial charge in [0.15, 0.2) is 0 Å². The van der Waals surface area contributed by atoms with Crippen molar-refractivity contribution in [2.45, 2.75) is 25.3 Å². The molecule has 0 bridgehead atoms. The Morgan fingerprint density at radius 3 is 2.76 bits per heavy atom. The summed E-state index contributed by atoms with van der Waals surface area (Å²) in [5.41, 5.74) is 1.89. The standard InChI is InChI=1S/C13H14N2O2/c14-8-7-10-3-5-11(6-4-10)15-9-1-2-12(15)13(16)17/h3-6,12H,1-2,7,9H2,(H,16,17). The minimum absolute atomic E-state index is 0.392. The van der Waals surface area contributed by atoms with Gasteiger partial charge in [-0.15, -0.1) is 0 Å². The van der Waals surface area contributed by atoms with E-state index in [1.165, 1.54) is 0 Å². The fourth-order valence-corrected chi connectivity index (χ4v) is 2.23. The van der Waals surface area contributed by atoms with Crippen LogP contribution in [0.15, 0.2) is 24.3 Å². The van der Waals surface area contributed by atoms with E-state index in [9.17, 15) is 4.79 Å². The van der Waals surface area contributed by atoms with Gasteiger partial charge in [-0.25, -0.2) is 4.79 Å². The Morgan fingerprint density at radius 2 is 2.18 bits per heavy atom. The van der Waals surface area contributed by atoms with Gasteiger partial charge in [-0.3, -0.25) is 0 Å². The van der Waals surface area contributed by atoms with Crippen molar-refractivity contribution in [3.05, 3.63) is 29.8 Å². The summed E-state index contributed by atoms with van der Waals surface area (Å²) in [5, 5.41) is 17.7. The van der Waals surface area contributed by atoms with Crippen LogP contribution < -0.4 is 4.90 Å². The maximum Gasteiger partial charge on any atom is 0.326 e. The molecule has 1 aromatic rings. The molecule has 2 rings (SSSR count). The molecule has 1 unspecified atom stereocenters. The smallest absolute Gasteiger partial charge is 0.326 e. The Kier molecular flexibility index (Phi) is 3.29. The van der Waals surface area contributed by atoms with E-state index < -0.39 is 12.0 Å². The fraction of sp³-hybridized carbons (Fsp3) is 0.385. The van der Waals surface area contributed by atoms with E-state index in [1.807, 2.05) is 29.2 Å². The number of carbonyl (C=O) groups is 1. The normalized spacial score (nSPS) is 19.0. The number of nitrogens with zero attached hydrogens (tertiary/aromatic N) is 2. The number of carboxylic acids is 1. The molecule has 0 amide bonds. The Hall–Kier alpha value is -2.02. The largest absolute Gasteiger partial charge is 0.480 e. The summed E-state index contributed by atoms with van der Waals surface area (Å²) >= 11 is 0. The molecule has 1 aliphatic heterocycles. The van der Waals surface area contributed by atoms with Crippen LogP contribution in [-0.2, 0) is 11.2 Å². The lowest BCUT2D eigenvalue weighted by atomic mass is 10.1. The zero-order valence-corrected chi connectivity index (χ0v) is 9.47. The van der Waals surface area contributed by atoms with Crippen LogP contribution in [0.3, 0.4) is 0 Å². The van der Waals surface area contributed by atoms with Crippen LogP contribution in [0.2, 0.25) is 0 Å². The van der Waals surface area contributed by atoms with Gasteiger partial charge in [0.2, 0.25) is 0 Å². The van der Waals surface area contributed by atoms with Crippen molar-refractivity contribution in [1.82, 2.24) is 0 Å². The van der Waals surface area contributed by atoms with Gasteiger partial charge in [0.1, 0.15) is 6.04 Å². The molecule has 0 aromatic heterocycles. The molecule has 0 aliphatic carbocycles. The number of hydrogen-bond acceptors (Lipinski definition) is 3. The lowest BCUT2D eigenvalue weighted by molar-refractivity contribution is -0.138. The van der Waals surface area contributed by atoms with Crippen LogP contribution in [0.25, 0.3) is 0 Å². The summed E-state index contributed by atoms with van der Waals surface area (Å²) in [6.07, 6.45) is 2.01. The summed E-state index contributed by atoms with van der Waals surface area (Å²) in [7, 11) is 0. The predicted molar refractivity (Wildman–Crippen MR) is 63.8 cm³/mol. The zero-order valence-electron chi connectivity index (χ0n) is 9.47. The number of anilines is 1. The molecule has 1 aromatic carbocycles. The zero-order chi connectivity index (χ0) is 12.3. The fourth-order valence-electron chi connectivity index (χ4n) is 2.23. The van der Waals surface area contributed by atoms with Crippen molar-refractivity contribution in [3.63, 3.8) is 0 Å². The second-order valence-corrected chi connectivity index (χ2v) is 4.19. The molecular weight excluding hydrogens is 216 g/mol. The van der Waals surface area contributed by atoms with Crippen molar-refractivity contribution < 1.29 is 9.90 Å². The van der Waals surface area contributed by atoms with E-state index in [2.05, 4.69) is 6.07 Å². The van der Waals surface area contributed by atoms with E-state index in [1.54, 1.807) is 0 Å². The van der Waals surface area contributed by atoms with Gasteiger partial charge < -0.3 is 10.0 Å². The van der Waals surface area contributed by atoms with Gasteiger partial charge in [0.05, 0.1) is 12.5 Å². The van der Waals surface area contributed by atoms with E-state index in [0.29, 0.717) is 12.8 Å². The maximum atomic E-state index is 11.1. The lowest BCUT2D eigenvalue weighted by Crippen LogP contribution is -2.35. The predicted octanol–water partition coefficient (Wildman–Crippen LogP) is 1.81. The van der Waals surface area contributed by atoms with Gasteiger partial charge in [-0.05, 0) is 30.5 Å². The van der Waals surface area contributed by atoms with Gasteiger partial charge in [0.25, 0.3) is 0 Å². The second kappa shape index (κ2) is 4.88. The average molecular weight is 230 g/mol. The molecule has 1 N–H and O–H groups in total. The van der Waals surface area contributed by atoms with Crippen molar-refractivity contribution in [1.29, 1.82) is 5.26 Å². The monoisotopic (exact) mass is 230 g/mol. The maximum absolute atomic E-state index is 11.1. The number of benzene rings is 1. The minimum atomic E-state index is -0.761. The summed E-state index contributed by atoms with van der Waals surface area (Å²) in [5.74, 6) is -0.761. The van der Waals surface area contributed by atoms with E-state index >= 15 is 0 Å². The topological polar surface area (TPSA) is 64.3 Å². The number of rotatable bonds is 3. The van der Waals surface area contributed by atoms with Crippen LogP contribution in [0, 0.1) is 11.3 Å². The first-order valence-corrected chi connectivity index (χ1v) is 5.67. The highest BCUT2D eigenvalue weighted by atomic mass is 16.4. The molecule has 1 fully saturated rings. The SMILES string of the molecule is N#CCc1ccc(N2CCCC2C(=O)O)cc1. The molecule has 17 heavy (non-hydrogen) atoms. The highest BCUT2D eigenvalue weighted by Gasteiger charge is 2.30. The van der Waals surface area contributed by atoms with E-state index in [-0.39, 0.29) is 0 Å². The first kappa shape index (κ1) is 11.5. The van der Waals surface area contributed by atoms with Crippen molar-refractivity contribution in [2.75, 3.05) is 11.4 Å². The first-order chi connectivity index (χ1) is 8.22. The molecule has 4 heteroatoms. The third-order valence-electron chi connectivity index (χ3n) is 3.09. The van der Waals surface area contributed by atoms with Crippen molar-refractivity contribution >= 4 is 11.7 Å². The van der Waals surface area contributed by atoms with Crippen LogP contribution in [0.5, 0.6) is 0 Å². The molecule has 1 aliphatic rings. The van der Waals surface area contributed by atoms with E-state index in [0.717, 1.165) is 24.2 Å². The molecular formula is C13H14N2O2. The van der Waals surface area contributed by atoms with Crippen LogP contribution >= 0.6 is 0 Å². The molecule has 0 radical (unpaired) electrons. The molecule has 0 spiro atoms. The Morgan fingerprint density at radius 1 is 1.47 bits per heavy atom. The average Bonchev–Trinajstić information content (AvgIpc) is 2.79. The highest BCUT2D eigenvalue weighted by molar-refractivity contribution is 5.79. The number of aliphatic carboxylic acids is 1. The lowest BCUT2D eigenvalue weighted by Gasteiger charge is -2.23. The third-order valence-corrected chi connectivity index (χ3v) is 3.09. The summed E-state index contributed by atoms with van der Waals surface area (Å²) < 4.78 is 0. The van der Waals surface area contributed by atoms with Gasteiger partial charge in [-0.2, -0.15) is 5.26 Å². The van der Waals surface area contributed by atoms with Crippen LogP contribution in [-0.4, -0.2) is 23.7 Å². The minimum Gasteiger partial charge on any atom is -0.480 e. The molecule has 1 heterocycles. The van der Waals surface area contributed by atoms with E-state index in [4.69, 9.17) is 10.4 Å². The Balaban J connectivity index is 2.17. The molecule has 0 saturated carbocycles. The molecule has 4 nitrogen and oxygen atoms in total. The summed E-state index contributed by atoms with van der Waals surface area (Å²) in [6.45, 7) is 0.786. The number of carboxylic acid groups (broad SMARTS) is 1. The highest BCUT2D eigenvalue weighted by Crippen LogP contribution is 2.25. The number of hydrogen-bond donors (Lipinski definition) is 1. The number of nitriles is 1. The third kappa shape index (κ3) is 2.39. The Labute approximate surface area is 100 Å². The van der Waals surface area contributed by atoms with Crippen LogP contribution in [0.1, 0.15) is 18.4 Å². The first-order valence-electron chi connectivity index (χ1n) is 5.67. The second-order valence-electron chi connectivity index (χ2n) is 4.19. The van der Waals surface area contributed by atoms with Gasteiger partial charge >= 0.3 is 5.97 Å². The van der Waals surface area contributed by atoms with Crippen molar-refractivity contribution in [2.24, 2.45) is 0 Å². The van der Waals surface area contributed by atoms with Gasteiger partial charge in [-0.1, -0.05) is 12.1 Å². The molecule has 88 valence electrons. The molecule has 1 atom stereocenters. The van der Waals surface area contributed by atoms with Crippen LogP contribution in [0.4, 0.5) is 5.69 Å².